The number of rotatable bonds is 7. The third kappa shape index (κ3) is 4.96. The van der Waals surface area contributed by atoms with E-state index in [1.807, 2.05) is 0 Å². The molecule has 0 saturated heterocycles. The lowest BCUT2D eigenvalue weighted by Gasteiger charge is -2.02. The number of thiophene rings is 1. The van der Waals surface area contributed by atoms with Gasteiger partial charge in [0.15, 0.2) is 5.16 Å². The van der Waals surface area contributed by atoms with Gasteiger partial charge in [-0.25, -0.2) is 0 Å². The summed E-state index contributed by atoms with van der Waals surface area (Å²) in [6, 6.07) is 2.11. The van der Waals surface area contributed by atoms with Gasteiger partial charge in [-0.05, 0) is 30.9 Å². The van der Waals surface area contributed by atoms with Crippen LogP contribution in [0.5, 0.6) is 0 Å². The monoisotopic (exact) mass is 339 g/mol. The highest BCUT2D eigenvalue weighted by Gasteiger charge is 2.09. The van der Waals surface area contributed by atoms with Crippen molar-refractivity contribution in [3.05, 3.63) is 37.9 Å². The molecule has 2 rings (SSSR count). The number of nitrogens with zero attached hydrogens (tertiary/aromatic N) is 2. The van der Waals surface area contributed by atoms with Crippen molar-refractivity contribution in [3.63, 3.8) is 0 Å². The van der Waals surface area contributed by atoms with Crippen LogP contribution in [0.3, 0.4) is 0 Å². The first-order valence-electron chi connectivity index (χ1n) is 6.86. The minimum absolute atomic E-state index is 0.131. The molecule has 6 nitrogen and oxygen atoms in total. The number of ether oxygens (including phenoxy) is 1. The van der Waals surface area contributed by atoms with Crippen LogP contribution in [0, 0.1) is 6.92 Å². The summed E-state index contributed by atoms with van der Waals surface area (Å²) >= 11 is 3.12. The van der Waals surface area contributed by atoms with Crippen molar-refractivity contribution < 1.29 is 9.53 Å². The normalized spacial score (nSPS) is 10.6. The zero-order valence-electron chi connectivity index (χ0n) is 12.4. The van der Waals surface area contributed by atoms with E-state index in [0.717, 1.165) is 5.75 Å². The third-order valence-corrected chi connectivity index (χ3v) is 4.62. The molecule has 0 amide bonds. The van der Waals surface area contributed by atoms with Gasteiger partial charge in [-0.1, -0.05) is 11.8 Å². The van der Waals surface area contributed by atoms with E-state index in [0.29, 0.717) is 11.8 Å². The molecule has 0 spiro atoms. The van der Waals surface area contributed by atoms with Gasteiger partial charge in [0.2, 0.25) is 0 Å². The van der Waals surface area contributed by atoms with Crippen LogP contribution < -0.4 is 5.56 Å². The van der Waals surface area contributed by atoms with Gasteiger partial charge in [0.05, 0.1) is 13.0 Å². The Bertz CT molecular complexity index is 697. The summed E-state index contributed by atoms with van der Waals surface area (Å²) in [7, 11) is 0. The van der Waals surface area contributed by atoms with Gasteiger partial charge in [-0.3, -0.25) is 14.6 Å². The van der Waals surface area contributed by atoms with Crippen LogP contribution in [0.15, 0.2) is 21.4 Å². The van der Waals surface area contributed by atoms with Crippen LogP contribution >= 0.6 is 23.1 Å². The number of aryl methyl sites for hydroxylation is 2. The maximum atomic E-state index is 11.9. The lowest BCUT2D eigenvalue weighted by molar-refractivity contribution is -0.143. The van der Waals surface area contributed by atoms with E-state index in [-0.39, 0.29) is 30.1 Å². The second kappa shape index (κ2) is 8.09. The molecule has 0 bridgehead atoms. The zero-order chi connectivity index (χ0) is 15.9. The number of nitrogens with one attached hydrogen (secondary N) is 1. The van der Waals surface area contributed by atoms with Gasteiger partial charge in [-0.15, -0.1) is 21.5 Å². The molecular formula is C14H17N3O3S2. The fourth-order valence-electron chi connectivity index (χ4n) is 1.75. The highest BCUT2D eigenvalue weighted by molar-refractivity contribution is 7.98. The average Bonchev–Trinajstić information content (AvgIpc) is 2.90. The first kappa shape index (κ1) is 16.7. The number of carbonyl (C=O) groups excluding carboxylic acids is 1. The molecule has 0 unspecified atom stereocenters. The Kier molecular flexibility index (Phi) is 6.14. The van der Waals surface area contributed by atoms with Crippen molar-refractivity contribution in [2.45, 2.75) is 37.6 Å². The number of H-pyrrole nitrogens is 1. The maximum absolute atomic E-state index is 11.9. The Morgan fingerprint density at radius 1 is 1.45 bits per heavy atom. The van der Waals surface area contributed by atoms with Crippen molar-refractivity contribution in [1.29, 1.82) is 0 Å². The minimum atomic E-state index is -0.338. The van der Waals surface area contributed by atoms with Gasteiger partial charge in [0, 0.05) is 17.1 Å². The summed E-state index contributed by atoms with van der Waals surface area (Å²) < 4.78 is 4.81. The Morgan fingerprint density at radius 3 is 2.91 bits per heavy atom. The molecule has 0 radical (unpaired) electrons. The number of carbonyl (C=O) groups is 1. The molecule has 2 aromatic rings. The second-order valence-electron chi connectivity index (χ2n) is 4.57. The van der Waals surface area contributed by atoms with E-state index in [1.54, 1.807) is 18.3 Å². The predicted molar refractivity (Wildman–Crippen MR) is 86.2 cm³/mol. The van der Waals surface area contributed by atoms with E-state index in [1.165, 1.54) is 22.2 Å². The minimum Gasteiger partial charge on any atom is -0.466 e. The molecule has 1 N–H and O–H groups in total. The van der Waals surface area contributed by atoms with Crippen molar-refractivity contribution in [2.75, 3.05) is 6.61 Å². The fourth-order valence-corrected chi connectivity index (χ4v) is 3.30. The van der Waals surface area contributed by atoms with Crippen LogP contribution in [-0.4, -0.2) is 27.8 Å². The molecule has 8 heteroatoms. The largest absolute Gasteiger partial charge is 0.466 e. The van der Waals surface area contributed by atoms with Crippen molar-refractivity contribution in [1.82, 2.24) is 15.2 Å². The Hall–Kier alpha value is -1.67. The zero-order valence-corrected chi connectivity index (χ0v) is 14.1. The number of esters is 1. The van der Waals surface area contributed by atoms with Crippen LogP contribution in [0.25, 0.3) is 0 Å². The number of aromatic nitrogens is 3. The molecular weight excluding hydrogens is 322 g/mol. The fraction of sp³-hybridized carbons (Fsp3) is 0.429. The molecule has 0 saturated carbocycles. The van der Waals surface area contributed by atoms with Crippen LogP contribution in [0.2, 0.25) is 0 Å². The molecule has 118 valence electrons. The molecule has 0 fully saturated rings. The molecule has 0 atom stereocenters. The first-order valence-corrected chi connectivity index (χ1v) is 8.73. The SMILES string of the molecule is CCOC(=O)CCc1nnc(SCc2csc(C)c2)[nH]c1=O. The van der Waals surface area contributed by atoms with Gasteiger partial charge in [0.25, 0.3) is 5.56 Å². The van der Waals surface area contributed by atoms with Crippen LogP contribution in [-0.2, 0) is 21.7 Å². The average molecular weight is 339 g/mol. The maximum Gasteiger partial charge on any atom is 0.306 e. The van der Waals surface area contributed by atoms with Crippen molar-refractivity contribution in [2.24, 2.45) is 0 Å². The number of hydrogen-bond donors (Lipinski definition) is 1. The second-order valence-corrected chi connectivity index (χ2v) is 6.64. The first-order chi connectivity index (χ1) is 10.6. The molecule has 2 aromatic heterocycles. The lowest BCUT2D eigenvalue weighted by Crippen LogP contribution is -2.19. The Balaban J connectivity index is 1.91. The van der Waals surface area contributed by atoms with Gasteiger partial charge in [-0.2, -0.15) is 0 Å². The van der Waals surface area contributed by atoms with E-state index in [9.17, 15) is 9.59 Å². The number of thioether (sulfide) groups is 1. The van der Waals surface area contributed by atoms with E-state index in [2.05, 4.69) is 33.6 Å². The third-order valence-electron chi connectivity index (χ3n) is 2.78. The summed E-state index contributed by atoms with van der Waals surface area (Å²) in [6.45, 7) is 4.13. The topological polar surface area (TPSA) is 84.9 Å². The predicted octanol–water partition coefficient (Wildman–Crippen LogP) is 2.32. The van der Waals surface area contributed by atoms with Crippen LogP contribution in [0.1, 0.15) is 29.5 Å². The lowest BCUT2D eigenvalue weighted by atomic mass is 10.2. The summed E-state index contributed by atoms with van der Waals surface area (Å²) in [5.74, 6) is 0.395. The van der Waals surface area contributed by atoms with Gasteiger partial charge >= 0.3 is 5.97 Å². The molecule has 0 aliphatic rings. The van der Waals surface area contributed by atoms with Gasteiger partial charge < -0.3 is 4.74 Å². The van der Waals surface area contributed by atoms with Gasteiger partial charge in [0.1, 0.15) is 5.69 Å². The summed E-state index contributed by atoms with van der Waals surface area (Å²) in [4.78, 5) is 27.1. The molecule has 0 aliphatic carbocycles. The number of hydrogen-bond acceptors (Lipinski definition) is 7. The molecule has 0 aromatic carbocycles. The standard InChI is InChI=1S/C14H17N3O3S2/c1-3-20-12(18)5-4-11-13(19)15-14(17-16-11)22-8-10-6-9(2)21-7-10/h6-7H,3-5,8H2,1-2H3,(H,15,17,19). The number of aromatic amines is 1. The Labute approximate surface area is 136 Å². The quantitative estimate of drug-likeness (QED) is 0.615. The summed E-state index contributed by atoms with van der Waals surface area (Å²) in [5.41, 5.74) is 1.15. The smallest absolute Gasteiger partial charge is 0.306 e. The highest BCUT2D eigenvalue weighted by Crippen LogP contribution is 2.21. The van der Waals surface area contributed by atoms with E-state index < -0.39 is 0 Å². The van der Waals surface area contributed by atoms with E-state index >= 15 is 0 Å². The Morgan fingerprint density at radius 2 is 2.27 bits per heavy atom. The summed E-state index contributed by atoms with van der Waals surface area (Å²) in [5, 5.41) is 10.5. The summed E-state index contributed by atoms with van der Waals surface area (Å²) in [6.07, 6.45) is 0.363. The highest BCUT2D eigenvalue weighted by atomic mass is 32.2. The van der Waals surface area contributed by atoms with Crippen molar-refractivity contribution in [3.8, 4) is 0 Å². The van der Waals surface area contributed by atoms with Crippen LogP contribution in [0.4, 0.5) is 0 Å². The van der Waals surface area contributed by atoms with Crippen molar-refractivity contribution >= 4 is 29.1 Å². The van der Waals surface area contributed by atoms with E-state index in [4.69, 9.17) is 4.74 Å². The molecule has 2 heterocycles. The molecule has 22 heavy (non-hydrogen) atoms. The molecule has 0 aliphatic heterocycles.